The van der Waals surface area contributed by atoms with Crippen LogP contribution in [0.15, 0.2) is 78.9 Å². The summed E-state index contributed by atoms with van der Waals surface area (Å²) in [4.78, 5) is 105. The van der Waals surface area contributed by atoms with Crippen LogP contribution in [-0.4, -0.2) is 215 Å². The lowest BCUT2D eigenvalue weighted by Crippen LogP contribution is -2.53. The number of amides is 5. The summed E-state index contributed by atoms with van der Waals surface area (Å²) in [6, 6.07) is 18.7. The number of carbonyl (C=O) groups excluding carboxylic acids is 4. The highest BCUT2D eigenvalue weighted by Crippen LogP contribution is 2.27. The van der Waals surface area contributed by atoms with Gasteiger partial charge in [-0.25, -0.2) is 4.79 Å². The van der Waals surface area contributed by atoms with Gasteiger partial charge in [-0.1, -0.05) is 47.5 Å². The predicted octanol–water partition coefficient (Wildman–Crippen LogP) is 2.57. The Balaban J connectivity index is 1.01. The third-order valence-electron chi connectivity index (χ3n) is 12.2. The van der Waals surface area contributed by atoms with Gasteiger partial charge in [-0.3, -0.25) is 53.2 Å². The number of hydrogen-bond acceptors (Lipinski definition) is 16. The molecule has 25 nitrogen and oxygen atoms in total. The van der Waals surface area contributed by atoms with Gasteiger partial charge in [0.05, 0.1) is 55.0 Å². The first-order valence-corrected chi connectivity index (χ1v) is 26.0. The van der Waals surface area contributed by atoms with Crippen molar-refractivity contribution in [1.82, 2.24) is 40.9 Å². The Morgan fingerprint density at radius 2 is 1.12 bits per heavy atom. The van der Waals surface area contributed by atoms with Gasteiger partial charge in [0.25, 0.3) is 17.7 Å². The van der Waals surface area contributed by atoms with E-state index in [1.807, 2.05) is 0 Å². The number of carboxylic acid groups (broad SMARTS) is 4. The number of nitrogens with zero attached hydrogens (tertiary/aromatic N) is 4. The number of anilines is 1. The molecular weight excluding hydrogens is 1090 g/mol. The normalized spacial score (nSPS) is 14.8. The summed E-state index contributed by atoms with van der Waals surface area (Å²) in [5.74, 6) is -6.10. The van der Waals surface area contributed by atoms with Crippen molar-refractivity contribution in [3.8, 4) is 17.2 Å². The number of urea groups is 1. The van der Waals surface area contributed by atoms with Gasteiger partial charge in [0.1, 0.15) is 17.2 Å². The number of phenolic OH excluding ortho intramolecular Hbond substituents is 2. The maximum Gasteiger partial charge on any atom is 0.319 e. The van der Waals surface area contributed by atoms with Gasteiger partial charge in [-0.05, 0) is 66.1 Å². The molecule has 5 rings (SSSR count). The van der Waals surface area contributed by atoms with Crippen molar-refractivity contribution in [3.63, 3.8) is 0 Å². The molecule has 27 heteroatoms. The van der Waals surface area contributed by atoms with Gasteiger partial charge < -0.3 is 66.7 Å². The first-order chi connectivity index (χ1) is 38.2. The summed E-state index contributed by atoms with van der Waals surface area (Å²) in [5.41, 5.74) is 1.99. The van der Waals surface area contributed by atoms with Gasteiger partial charge in [0, 0.05) is 114 Å². The molecule has 0 aromatic heterocycles. The van der Waals surface area contributed by atoms with Crippen molar-refractivity contribution in [2.45, 2.75) is 25.4 Å². The molecular formula is C53H65Cl2N9O16. The molecule has 11 N–H and O–H groups in total. The second-order valence-electron chi connectivity index (χ2n) is 18.5. The SMILES string of the molecule is O=C(O)CN1CCN(CC(=O)O)CCN(CC(=O)O)C(Cc2ccc(NC(=O)NCCOCCCOc3cc(O)cc(C(=O)NCCNC(=O)c4c(Cl)cc(C(=O)NCc5cccc(O)c5)cc4Cl)c3)cc2)CN(CC(=O)O)CC1. The van der Waals surface area contributed by atoms with Crippen LogP contribution in [0.1, 0.15) is 48.6 Å². The molecule has 1 aliphatic rings. The van der Waals surface area contributed by atoms with E-state index in [0.29, 0.717) is 17.7 Å². The molecule has 1 fully saturated rings. The molecule has 5 amide bonds. The van der Waals surface area contributed by atoms with Gasteiger partial charge in [-0.2, -0.15) is 0 Å². The molecule has 4 aromatic rings. The average molecular weight is 1160 g/mol. The lowest BCUT2D eigenvalue weighted by atomic mass is 10.0. The molecule has 0 aliphatic carbocycles. The Labute approximate surface area is 470 Å². The minimum atomic E-state index is -1.13. The lowest BCUT2D eigenvalue weighted by Gasteiger charge is -2.37. The van der Waals surface area contributed by atoms with Gasteiger partial charge in [0.15, 0.2) is 0 Å². The van der Waals surface area contributed by atoms with E-state index in [4.69, 9.17) is 32.7 Å². The largest absolute Gasteiger partial charge is 0.508 e. The van der Waals surface area contributed by atoms with Crippen LogP contribution in [-0.2, 0) is 36.9 Å². The van der Waals surface area contributed by atoms with Crippen molar-refractivity contribution >= 4 is 76.5 Å². The molecule has 1 saturated heterocycles. The Bertz CT molecular complexity index is 2770. The second kappa shape index (κ2) is 32.3. The number of nitrogens with one attached hydrogen (secondary N) is 5. The molecule has 432 valence electrons. The number of aliphatic carboxylic acids is 4. The maximum absolute atomic E-state index is 12.9. The molecule has 0 saturated carbocycles. The fraction of sp³-hybridized carbons (Fsp3) is 0.396. The molecule has 1 unspecified atom stereocenters. The minimum absolute atomic E-state index is 0.0115. The van der Waals surface area contributed by atoms with Crippen molar-refractivity contribution in [2.24, 2.45) is 0 Å². The van der Waals surface area contributed by atoms with Crippen molar-refractivity contribution in [3.05, 3.63) is 117 Å². The van der Waals surface area contributed by atoms with Crippen LogP contribution < -0.4 is 31.3 Å². The van der Waals surface area contributed by atoms with Crippen molar-refractivity contribution in [2.75, 3.05) is 117 Å². The molecule has 1 atom stereocenters. The molecule has 0 spiro atoms. The number of phenols is 2. The Hall–Kier alpha value is -7.78. The predicted molar refractivity (Wildman–Crippen MR) is 292 cm³/mol. The quantitative estimate of drug-likeness (QED) is 0.0382. The number of carboxylic acids is 4. The number of halogens is 2. The second-order valence-corrected chi connectivity index (χ2v) is 19.3. The van der Waals surface area contributed by atoms with Crippen LogP contribution in [0.25, 0.3) is 0 Å². The van der Waals surface area contributed by atoms with Crippen LogP contribution in [0, 0.1) is 0 Å². The summed E-state index contributed by atoms with van der Waals surface area (Å²) < 4.78 is 11.3. The number of carbonyl (C=O) groups is 8. The van der Waals surface area contributed by atoms with E-state index >= 15 is 0 Å². The van der Waals surface area contributed by atoms with Gasteiger partial charge in [-0.15, -0.1) is 0 Å². The standard InChI is InChI=1S/C53H65Cl2N9O16/c54-43-25-37(51(76)59-28-35-3-1-4-40(65)22-35)26-44(55)49(43)52(77)57-10-9-56-50(75)36-23-41(66)27-42(24-36)80-19-2-18-79-20-11-58-53(78)60-38-7-5-34(6-8-38)21-39-29-63(32-47(71)72)15-14-61(30-45(67)68)12-13-62(31-46(69)70)16-17-64(39)33-48(73)74/h1,3-8,22-27,39,65-66H,2,9-21,28-33H2,(H,56,75)(H,57,77)(H,59,76)(H,67,68)(H,69,70)(H,71,72)(H,73,74)(H2,58,60,78). The highest BCUT2D eigenvalue weighted by molar-refractivity contribution is 6.40. The summed E-state index contributed by atoms with van der Waals surface area (Å²) in [6.45, 7) is 0.448. The summed E-state index contributed by atoms with van der Waals surface area (Å²) in [5, 5.41) is 71.8. The topological polar surface area (TPSA) is 350 Å². The summed E-state index contributed by atoms with van der Waals surface area (Å²) in [6.07, 6.45) is 0.678. The molecule has 0 bridgehead atoms. The smallest absolute Gasteiger partial charge is 0.319 e. The molecule has 4 aromatic carbocycles. The van der Waals surface area contributed by atoms with E-state index in [2.05, 4.69) is 26.6 Å². The lowest BCUT2D eigenvalue weighted by molar-refractivity contribution is -0.142. The Kier molecular flexibility index (Phi) is 25.5. The van der Waals surface area contributed by atoms with Crippen molar-refractivity contribution < 1.29 is 78.5 Å². The van der Waals surface area contributed by atoms with Crippen molar-refractivity contribution in [1.29, 1.82) is 0 Å². The monoisotopic (exact) mass is 1150 g/mol. The van der Waals surface area contributed by atoms with Crippen LogP contribution in [0.3, 0.4) is 0 Å². The van der Waals surface area contributed by atoms with Crippen LogP contribution in [0.2, 0.25) is 10.0 Å². The minimum Gasteiger partial charge on any atom is -0.508 e. The Morgan fingerprint density at radius 3 is 1.75 bits per heavy atom. The van der Waals surface area contributed by atoms with E-state index < -0.39 is 60.2 Å². The third kappa shape index (κ3) is 22.5. The number of hydrogen-bond donors (Lipinski definition) is 11. The van der Waals surface area contributed by atoms with Gasteiger partial charge in [0.2, 0.25) is 0 Å². The first kappa shape index (κ1) is 63.1. The first-order valence-electron chi connectivity index (χ1n) is 25.3. The van der Waals surface area contributed by atoms with Crippen LogP contribution in [0.4, 0.5) is 10.5 Å². The highest BCUT2D eigenvalue weighted by atomic mass is 35.5. The highest BCUT2D eigenvalue weighted by Gasteiger charge is 2.28. The number of rotatable bonds is 27. The molecule has 80 heavy (non-hydrogen) atoms. The number of ether oxygens (including phenoxy) is 2. The van der Waals surface area contributed by atoms with Crippen LogP contribution >= 0.6 is 23.2 Å². The van der Waals surface area contributed by atoms with E-state index in [-0.39, 0.29) is 162 Å². The fourth-order valence-electron chi connectivity index (χ4n) is 8.43. The molecule has 0 radical (unpaired) electrons. The van der Waals surface area contributed by atoms with E-state index in [0.717, 1.165) is 5.56 Å². The zero-order valence-corrected chi connectivity index (χ0v) is 45.0. The maximum atomic E-state index is 12.9. The average Bonchev–Trinajstić information content (AvgIpc) is 3.38. The van der Waals surface area contributed by atoms with E-state index in [9.17, 15) is 69.0 Å². The number of benzene rings is 4. The molecule has 1 aliphatic heterocycles. The van der Waals surface area contributed by atoms with Gasteiger partial charge >= 0.3 is 29.9 Å². The zero-order valence-electron chi connectivity index (χ0n) is 43.5. The van der Waals surface area contributed by atoms with E-state index in [1.165, 1.54) is 42.5 Å². The Morgan fingerprint density at radius 1 is 0.550 bits per heavy atom. The summed E-state index contributed by atoms with van der Waals surface area (Å²) in [7, 11) is 0. The summed E-state index contributed by atoms with van der Waals surface area (Å²) >= 11 is 12.7. The third-order valence-corrected chi connectivity index (χ3v) is 12.8. The fourth-order valence-corrected chi connectivity index (χ4v) is 9.09. The zero-order chi connectivity index (χ0) is 58.1. The van der Waals surface area contributed by atoms with Crippen LogP contribution in [0.5, 0.6) is 17.2 Å². The number of aromatic hydroxyl groups is 2. The molecule has 1 heterocycles. The van der Waals surface area contributed by atoms with E-state index in [1.54, 1.807) is 56.0 Å².